The second kappa shape index (κ2) is 12.3. The summed E-state index contributed by atoms with van der Waals surface area (Å²) in [5.41, 5.74) is 14.5. The topological polar surface area (TPSA) is 9.86 Å². The van der Waals surface area contributed by atoms with Crippen LogP contribution in [0.1, 0.15) is 11.1 Å². The quantitative estimate of drug-likeness (QED) is 0.146. The van der Waals surface area contributed by atoms with Crippen LogP contribution in [0.4, 0.5) is 0 Å². The van der Waals surface area contributed by atoms with Crippen molar-refractivity contribution in [3.63, 3.8) is 0 Å². The van der Waals surface area contributed by atoms with Crippen LogP contribution in [0, 0.1) is 0 Å². The minimum atomic E-state index is 0.864. The highest BCUT2D eigenvalue weighted by Crippen LogP contribution is 2.38. The van der Waals surface area contributed by atoms with Crippen molar-refractivity contribution in [2.75, 3.05) is 0 Å². The van der Waals surface area contributed by atoms with Gasteiger partial charge in [-0.2, -0.15) is 0 Å². The van der Waals surface area contributed by atoms with Crippen LogP contribution < -0.4 is 0 Å². The fourth-order valence-corrected chi connectivity index (χ4v) is 7.72. The van der Waals surface area contributed by atoms with E-state index >= 15 is 0 Å². The van der Waals surface area contributed by atoms with Gasteiger partial charge in [0, 0.05) is 32.9 Å². The highest BCUT2D eigenvalue weighted by Gasteiger charge is 2.17. The van der Waals surface area contributed by atoms with E-state index < -0.39 is 0 Å². The summed E-state index contributed by atoms with van der Waals surface area (Å²) in [6, 6.07) is 57.8. The van der Waals surface area contributed by atoms with Gasteiger partial charge in [-0.25, -0.2) is 0 Å². The van der Waals surface area contributed by atoms with Gasteiger partial charge in [-0.15, -0.1) is 13.2 Å². The van der Waals surface area contributed by atoms with Crippen molar-refractivity contribution in [3.8, 4) is 33.6 Å². The zero-order valence-electron chi connectivity index (χ0n) is 27.9. The highest BCUT2D eigenvalue weighted by atomic mass is 15.0. The van der Waals surface area contributed by atoms with Gasteiger partial charge in [-0.1, -0.05) is 115 Å². The minimum Gasteiger partial charge on any atom is -0.309 e. The van der Waals surface area contributed by atoms with E-state index in [4.69, 9.17) is 0 Å². The normalized spacial score (nSPS) is 11.5. The van der Waals surface area contributed by atoms with E-state index in [1.165, 1.54) is 77.0 Å². The maximum Gasteiger partial charge on any atom is 0.0541 e. The van der Waals surface area contributed by atoms with Crippen molar-refractivity contribution in [2.45, 2.75) is 12.8 Å². The molecule has 0 radical (unpaired) electrons. The lowest BCUT2D eigenvalue weighted by atomic mass is 10.00. The molecule has 0 aliphatic heterocycles. The standard InChI is InChI=1S/C48H36N2/c1-3-12-33-14-9-16-35(28-33)37-24-26-47-43(30-37)41-20-5-7-22-45(41)49(47)39-18-11-19-40(32-39)50-46-23-8-6-21-42(46)44-31-38(25-27-48(44)50)36-17-10-15-34(29-36)13-4-2/h3-11,14-32H,1-2,12-13H2. The molecule has 2 heteroatoms. The molecule has 0 saturated carbocycles. The lowest BCUT2D eigenvalue weighted by Crippen LogP contribution is -1.98. The van der Waals surface area contributed by atoms with Gasteiger partial charge in [0.2, 0.25) is 0 Å². The SMILES string of the molecule is C=CCc1cccc(-c2ccc3c(c2)c2ccccc2n3-c2cccc(-n3c4ccccc4c4cc(-c5cccc(CC=C)c5)ccc43)c2)c1. The first-order valence-corrected chi connectivity index (χ1v) is 17.3. The predicted octanol–water partition coefficient (Wildman–Crippen LogP) is 12.7. The number of nitrogens with zero attached hydrogens (tertiary/aromatic N) is 2. The molecule has 0 bridgehead atoms. The van der Waals surface area contributed by atoms with E-state index in [2.05, 4.69) is 180 Å². The van der Waals surface area contributed by atoms with Crippen LogP contribution in [0.15, 0.2) is 183 Å². The molecule has 9 aromatic rings. The number of benzene rings is 7. The van der Waals surface area contributed by atoms with Crippen LogP contribution in [-0.4, -0.2) is 9.13 Å². The molecule has 2 aromatic heterocycles. The lowest BCUT2D eigenvalue weighted by Gasteiger charge is -2.13. The second-order valence-corrected chi connectivity index (χ2v) is 13.1. The smallest absolute Gasteiger partial charge is 0.0541 e. The van der Waals surface area contributed by atoms with Gasteiger partial charge < -0.3 is 9.13 Å². The monoisotopic (exact) mass is 640 g/mol. The van der Waals surface area contributed by atoms with E-state index in [9.17, 15) is 0 Å². The lowest BCUT2D eigenvalue weighted by molar-refractivity contribution is 1.13. The molecule has 0 fully saturated rings. The zero-order chi connectivity index (χ0) is 33.6. The molecule has 0 N–H and O–H groups in total. The van der Waals surface area contributed by atoms with Crippen molar-refractivity contribution >= 4 is 43.6 Å². The van der Waals surface area contributed by atoms with Gasteiger partial charge in [0.1, 0.15) is 0 Å². The van der Waals surface area contributed by atoms with Gasteiger partial charge >= 0.3 is 0 Å². The third-order valence-electron chi connectivity index (χ3n) is 9.97. The molecule has 0 aliphatic carbocycles. The summed E-state index contributed by atoms with van der Waals surface area (Å²) < 4.78 is 4.82. The van der Waals surface area contributed by atoms with Crippen molar-refractivity contribution in [1.29, 1.82) is 0 Å². The Bertz CT molecular complexity index is 2570. The average molecular weight is 641 g/mol. The molecule has 0 aliphatic rings. The Morgan fingerprint density at radius 3 is 1.26 bits per heavy atom. The maximum absolute atomic E-state index is 3.93. The van der Waals surface area contributed by atoms with Crippen molar-refractivity contribution in [1.82, 2.24) is 9.13 Å². The zero-order valence-corrected chi connectivity index (χ0v) is 27.9. The molecule has 0 amide bonds. The van der Waals surface area contributed by atoms with Crippen LogP contribution >= 0.6 is 0 Å². The van der Waals surface area contributed by atoms with Crippen molar-refractivity contribution < 1.29 is 0 Å². The number of allylic oxidation sites excluding steroid dienone is 2. The Morgan fingerprint density at radius 1 is 0.360 bits per heavy atom. The summed E-state index contributed by atoms with van der Waals surface area (Å²) in [7, 11) is 0. The number of para-hydroxylation sites is 2. The number of hydrogen-bond donors (Lipinski definition) is 0. The molecule has 238 valence electrons. The molecule has 0 unspecified atom stereocenters. The molecule has 9 rings (SSSR count). The van der Waals surface area contributed by atoms with Crippen molar-refractivity contribution in [3.05, 3.63) is 194 Å². The van der Waals surface area contributed by atoms with Crippen molar-refractivity contribution in [2.24, 2.45) is 0 Å². The fraction of sp³-hybridized carbons (Fsp3) is 0.0417. The van der Waals surface area contributed by atoms with Gasteiger partial charge in [-0.05, 0) is 101 Å². The van der Waals surface area contributed by atoms with Crippen LogP contribution in [0.25, 0.3) is 77.2 Å². The van der Waals surface area contributed by atoms with Crippen LogP contribution in [0.3, 0.4) is 0 Å². The third kappa shape index (κ3) is 4.96. The Balaban J connectivity index is 1.20. The minimum absolute atomic E-state index is 0.864. The Kier molecular flexibility index (Phi) is 7.29. The number of hydrogen-bond acceptors (Lipinski definition) is 0. The molecule has 0 saturated heterocycles. The molecular weight excluding hydrogens is 605 g/mol. The number of rotatable bonds is 8. The molecule has 2 heterocycles. The molecule has 7 aromatic carbocycles. The Morgan fingerprint density at radius 2 is 0.780 bits per heavy atom. The first-order chi connectivity index (χ1) is 24.7. The first kappa shape index (κ1) is 29.7. The first-order valence-electron chi connectivity index (χ1n) is 17.3. The summed E-state index contributed by atoms with van der Waals surface area (Å²) in [5.74, 6) is 0. The third-order valence-corrected chi connectivity index (χ3v) is 9.97. The van der Waals surface area contributed by atoms with E-state index in [-0.39, 0.29) is 0 Å². The number of aromatic nitrogens is 2. The average Bonchev–Trinajstić information content (AvgIpc) is 3.68. The molecule has 0 spiro atoms. The van der Waals surface area contributed by atoms with Gasteiger partial charge in [0.25, 0.3) is 0 Å². The highest BCUT2D eigenvalue weighted by molar-refractivity contribution is 6.12. The van der Waals surface area contributed by atoms with Crippen LogP contribution in [0.5, 0.6) is 0 Å². The molecule has 50 heavy (non-hydrogen) atoms. The fourth-order valence-electron chi connectivity index (χ4n) is 7.72. The summed E-state index contributed by atoms with van der Waals surface area (Å²) in [5, 5.41) is 5.00. The predicted molar refractivity (Wildman–Crippen MR) is 214 cm³/mol. The summed E-state index contributed by atoms with van der Waals surface area (Å²) in [6.45, 7) is 7.87. The largest absolute Gasteiger partial charge is 0.309 e. The molecule has 2 nitrogen and oxygen atoms in total. The Hall–Kier alpha value is -6.38. The van der Waals surface area contributed by atoms with E-state index in [0.717, 1.165) is 24.2 Å². The second-order valence-electron chi connectivity index (χ2n) is 13.1. The Labute approximate surface area is 292 Å². The van der Waals surface area contributed by atoms with Gasteiger partial charge in [-0.3, -0.25) is 0 Å². The molecule has 0 atom stereocenters. The van der Waals surface area contributed by atoms with E-state index in [1.807, 2.05) is 12.2 Å². The van der Waals surface area contributed by atoms with Gasteiger partial charge in [0.15, 0.2) is 0 Å². The molecular formula is C48H36N2. The maximum atomic E-state index is 3.93. The summed E-state index contributed by atoms with van der Waals surface area (Å²) in [4.78, 5) is 0. The number of fused-ring (bicyclic) bond motifs is 6. The van der Waals surface area contributed by atoms with Crippen LogP contribution in [-0.2, 0) is 12.8 Å². The van der Waals surface area contributed by atoms with E-state index in [0.29, 0.717) is 0 Å². The van der Waals surface area contributed by atoms with Crippen LogP contribution in [0.2, 0.25) is 0 Å². The van der Waals surface area contributed by atoms with E-state index in [1.54, 1.807) is 0 Å². The van der Waals surface area contributed by atoms with Gasteiger partial charge in [0.05, 0.1) is 22.1 Å². The summed E-state index contributed by atoms with van der Waals surface area (Å²) in [6.07, 6.45) is 5.66. The summed E-state index contributed by atoms with van der Waals surface area (Å²) >= 11 is 0.